The minimum absolute atomic E-state index is 0. The topological polar surface area (TPSA) is 46.3 Å². The van der Waals surface area contributed by atoms with Gasteiger partial charge in [-0.15, -0.1) is 12.4 Å². The van der Waals surface area contributed by atoms with Crippen molar-refractivity contribution in [2.24, 2.45) is 11.7 Å². The fourth-order valence-corrected chi connectivity index (χ4v) is 3.05. The monoisotopic (exact) mass is 380 g/mol. The summed E-state index contributed by atoms with van der Waals surface area (Å²) in [6.07, 6.45) is 1.95. The van der Waals surface area contributed by atoms with Crippen molar-refractivity contribution in [3.63, 3.8) is 0 Å². The zero-order valence-corrected chi connectivity index (χ0v) is 14.5. The summed E-state index contributed by atoms with van der Waals surface area (Å²) in [5.41, 5.74) is 6.55. The number of nitrogens with two attached hydrogens (primary N) is 1. The molecule has 0 bridgehead atoms. The molecule has 6 heteroatoms. The molecule has 112 valence electrons. The Hall–Kier alpha value is -0.290. The molecule has 0 saturated carbocycles. The summed E-state index contributed by atoms with van der Waals surface area (Å²) < 4.78 is 0.788. The number of carbonyl (C=O) groups excluding carboxylic acids is 1. The van der Waals surface area contributed by atoms with E-state index >= 15 is 0 Å². The molecule has 1 unspecified atom stereocenters. The van der Waals surface area contributed by atoms with Crippen LogP contribution in [-0.4, -0.2) is 29.9 Å². The number of carbonyl (C=O) groups is 1. The fourth-order valence-electron chi connectivity index (χ4n) is 2.46. The molecule has 1 amide bonds. The van der Waals surface area contributed by atoms with Crippen LogP contribution in [0.4, 0.5) is 0 Å². The van der Waals surface area contributed by atoms with Gasteiger partial charge < -0.3 is 10.6 Å². The zero-order valence-electron chi connectivity index (χ0n) is 11.3. The van der Waals surface area contributed by atoms with Crippen LogP contribution in [0, 0.1) is 5.92 Å². The Kier molecular flexibility index (Phi) is 6.79. The maximum atomic E-state index is 12.5. The first-order valence-corrected chi connectivity index (χ1v) is 7.66. The van der Waals surface area contributed by atoms with Gasteiger partial charge in [-0.05, 0) is 59.8 Å². The first-order valence-electron chi connectivity index (χ1n) is 6.49. The van der Waals surface area contributed by atoms with E-state index in [1.54, 1.807) is 12.1 Å². The molecule has 1 saturated heterocycles. The average molecular weight is 382 g/mol. The number of nitrogens with zero attached hydrogens (tertiary/aromatic N) is 1. The minimum atomic E-state index is 0. The van der Waals surface area contributed by atoms with Crippen molar-refractivity contribution < 1.29 is 4.79 Å². The summed E-state index contributed by atoms with van der Waals surface area (Å²) in [6.45, 7) is 3.57. The van der Waals surface area contributed by atoms with Gasteiger partial charge in [-0.2, -0.15) is 0 Å². The van der Waals surface area contributed by atoms with E-state index in [1.165, 1.54) is 0 Å². The Morgan fingerprint density at radius 1 is 1.45 bits per heavy atom. The average Bonchev–Trinajstić information content (AvgIpc) is 2.41. The molecule has 0 radical (unpaired) electrons. The Morgan fingerprint density at radius 2 is 2.05 bits per heavy atom. The zero-order chi connectivity index (χ0) is 14.0. The molecule has 1 fully saturated rings. The van der Waals surface area contributed by atoms with E-state index in [4.69, 9.17) is 17.3 Å². The number of piperidine rings is 1. The molecule has 0 spiro atoms. The van der Waals surface area contributed by atoms with Crippen LogP contribution in [0.15, 0.2) is 22.7 Å². The van der Waals surface area contributed by atoms with E-state index in [1.807, 2.05) is 17.9 Å². The van der Waals surface area contributed by atoms with E-state index < -0.39 is 0 Å². The predicted molar refractivity (Wildman–Crippen MR) is 88.7 cm³/mol. The number of amides is 1. The molecule has 1 atom stereocenters. The highest BCUT2D eigenvalue weighted by molar-refractivity contribution is 9.10. The van der Waals surface area contributed by atoms with Crippen molar-refractivity contribution in [1.82, 2.24) is 4.90 Å². The van der Waals surface area contributed by atoms with Crippen molar-refractivity contribution >= 4 is 45.8 Å². The molecule has 20 heavy (non-hydrogen) atoms. The lowest BCUT2D eigenvalue weighted by Crippen LogP contribution is -2.42. The largest absolute Gasteiger partial charge is 0.339 e. The third-order valence-electron chi connectivity index (χ3n) is 3.73. The van der Waals surface area contributed by atoms with Gasteiger partial charge in [-0.1, -0.05) is 11.6 Å². The van der Waals surface area contributed by atoms with Crippen LogP contribution in [0.25, 0.3) is 0 Å². The molecule has 1 aliphatic rings. The summed E-state index contributed by atoms with van der Waals surface area (Å²) in [4.78, 5) is 14.3. The van der Waals surface area contributed by atoms with Gasteiger partial charge in [0.25, 0.3) is 5.91 Å². The van der Waals surface area contributed by atoms with Gasteiger partial charge in [-0.25, -0.2) is 0 Å². The molecule has 2 rings (SSSR count). The molecular weight excluding hydrogens is 363 g/mol. The van der Waals surface area contributed by atoms with Gasteiger partial charge in [0.1, 0.15) is 0 Å². The molecule has 1 aliphatic heterocycles. The number of hydrogen-bond acceptors (Lipinski definition) is 2. The number of hydrogen-bond donors (Lipinski definition) is 1. The van der Waals surface area contributed by atoms with Crippen LogP contribution in [0.3, 0.4) is 0 Å². The molecule has 1 aromatic rings. The first kappa shape index (κ1) is 17.8. The van der Waals surface area contributed by atoms with Gasteiger partial charge in [0, 0.05) is 28.6 Å². The van der Waals surface area contributed by atoms with E-state index in [2.05, 4.69) is 15.9 Å². The summed E-state index contributed by atoms with van der Waals surface area (Å²) >= 11 is 9.36. The van der Waals surface area contributed by atoms with Crippen molar-refractivity contribution in [3.05, 3.63) is 33.3 Å². The maximum Gasteiger partial charge on any atom is 0.255 e. The van der Waals surface area contributed by atoms with Crippen molar-refractivity contribution in [3.8, 4) is 0 Å². The summed E-state index contributed by atoms with van der Waals surface area (Å²) in [6, 6.07) is 5.50. The Labute approximate surface area is 139 Å². The van der Waals surface area contributed by atoms with E-state index in [9.17, 15) is 4.79 Å². The summed E-state index contributed by atoms with van der Waals surface area (Å²) in [7, 11) is 0. The standard InChI is InChI=1S/C14H18BrClN2O.ClH/c1-9(17)10-4-6-18(7-5-10)14(19)12-8-11(16)2-3-13(12)15;/h2-3,8-10H,4-7,17H2,1H3;1H. The molecular formula is C14H19BrCl2N2O. The normalized spacial score (nSPS) is 17.5. The van der Waals surface area contributed by atoms with Gasteiger partial charge >= 0.3 is 0 Å². The highest BCUT2D eigenvalue weighted by Crippen LogP contribution is 2.25. The van der Waals surface area contributed by atoms with Crippen LogP contribution >= 0.6 is 39.9 Å². The highest BCUT2D eigenvalue weighted by Gasteiger charge is 2.26. The van der Waals surface area contributed by atoms with E-state index in [0.29, 0.717) is 16.5 Å². The third kappa shape index (κ3) is 4.10. The molecule has 0 aliphatic carbocycles. The van der Waals surface area contributed by atoms with Gasteiger partial charge in [0.05, 0.1) is 5.56 Å². The van der Waals surface area contributed by atoms with E-state index in [-0.39, 0.29) is 24.4 Å². The number of halogens is 3. The van der Waals surface area contributed by atoms with E-state index in [0.717, 1.165) is 30.4 Å². The summed E-state index contributed by atoms with van der Waals surface area (Å²) in [5.74, 6) is 0.560. The maximum absolute atomic E-state index is 12.5. The Balaban J connectivity index is 0.00000200. The lowest BCUT2D eigenvalue weighted by molar-refractivity contribution is 0.0680. The lowest BCUT2D eigenvalue weighted by atomic mass is 9.90. The second-order valence-corrected chi connectivity index (χ2v) is 6.40. The first-order chi connectivity index (χ1) is 8.99. The number of likely N-dealkylation sites (tertiary alicyclic amines) is 1. The van der Waals surface area contributed by atoms with Crippen LogP contribution in [-0.2, 0) is 0 Å². The third-order valence-corrected chi connectivity index (χ3v) is 4.66. The van der Waals surface area contributed by atoms with Gasteiger partial charge in [0.15, 0.2) is 0 Å². The van der Waals surface area contributed by atoms with Crippen molar-refractivity contribution in [2.75, 3.05) is 13.1 Å². The molecule has 1 heterocycles. The van der Waals surface area contributed by atoms with Crippen LogP contribution in [0.1, 0.15) is 30.1 Å². The molecule has 2 N–H and O–H groups in total. The van der Waals surface area contributed by atoms with Crippen molar-refractivity contribution in [1.29, 1.82) is 0 Å². The van der Waals surface area contributed by atoms with Gasteiger partial charge in [-0.3, -0.25) is 4.79 Å². The number of benzene rings is 1. The van der Waals surface area contributed by atoms with Crippen LogP contribution in [0.2, 0.25) is 5.02 Å². The van der Waals surface area contributed by atoms with Gasteiger partial charge in [0.2, 0.25) is 0 Å². The lowest BCUT2D eigenvalue weighted by Gasteiger charge is -2.34. The van der Waals surface area contributed by atoms with Crippen LogP contribution < -0.4 is 5.73 Å². The minimum Gasteiger partial charge on any atom is -0.339 e. The second kappa shape index (κ2) is 7.64. The molecule has 0 aromatic heterocycles. The summed E-state index contributed by atoms with van der Waals surface area (Å²) in [5, 5.41) is 0.581. The smallest absolute Gasteiger partial charge is 0.255 e. The quantitative estimate of drug-likeness (QED) is 0.848. The fraction of sp³-hybridized carbons (Fsp3) is 0.500. The Morgan fingerprint density at radius 3 is 2.60 bits per heavy atom. The van der Waals surface area contributed by atoms with Crippen molar-refractivity contribution in [2.45, 2.75) is 25.8 Å². The second-order valence-electron chi connectivity index (χ2n) is 5.11. The van der Waals surface area contributed by atoms with Crippen LogP contribution in [0.5, 0.6) is 0 Å². The predicted octanol–water partition coefficient (Wildman–Crippen LogP) is 3.72. The highest BCUT2D eigenvalue weighted by atomic mass is 79.9. The molecule has 3 nitrogen and oxygen atoms in total. The number of rotatable bonds is 2. The molecule has 1 aromatic carbocycles. The SMILES string of the molecule is CC(N)C1CCN(C(=O)c2cc(Cl)ccc2Br)CC1.Cl. The Bertz CT molecular complexity index is 474.